The van der Waals surface area contributed by atoms with Crippen LogP contribution in [0.15, 0.2) is 42.5 Å². The highest BCUT2D eigenvalue weighted by atomic mass is 16.5. The first-order valence-corrected chi connectivity index (χ1v) is 12.2. The van der Waals surface area contributed by atoms with Crippen molar-refractivity contribution in [1.29, 1.82) is 0 Å². The summed E-state index contributed by atoms with van der Waals surface area (Å²) in [7, 11) is 0. The van der Waals surface area contributed by atoms with Crippen molar-refractivity contribution in [2.24, 2.45) is 5.92 Å². The fourth-order valence-electron chi connectivity index (χ4n) is 7.29. The normalized spacial score (nSPS) is 37.0. The van der Waals surface area contributed by atoms with E-state index in [0.29, 0.717) is 19.4 Å². The third-order valence-electron chi connectivity index (χ3n) is 8.95. The second-order valence-corrected chi connectivity index (χ2v) is 10.6. The first kappa shape index (κ1) is 19.4. The molecule has 0 unspecified atom stereocenters. The van der Waals surface area contributed by atoms with E-state index >= 15 is 0 Å². The summed E-state index contributed by atoms with van der Waals surface area (Å²) in [4.78, 5) is 2.55. The van der Waals surface area contributed by atoms with E-state index in [1.165, 1.54) is 18.4 Å². The van der Waals surface area contributed by atoms with Gasteiger partial charge in [0.2, 0.25) is 0 Å². The quantitative estimate of drug-likeness (QED) is 0.758. The van der Waals surface area contributed by atoms with Gasteiger partial charge in [-0.3, -0.25) is 4.90 Å². The Bertz CT molecular complexity index is 1050. The molecule has 2 N–H and O–H groups in total. The molecule has 3 aliphatic carbocycles. The molecule has 0 radical (unpaired) electrons. The number of benzene rings is 2. The van der Waals surface area contributed by atoms with Crippen molar-refractivity contribution < 1.29 is 19.7 Å². The molecule has 2 saturated carbocycles. The summed E-state index contributed by atoms with van der Waals surface area (Å²) in [6, 6.07) is 14.5. The van der Waals surface area contributed by atoms with Gasteiger partial charge in [-0.1, -0.05) is 36.4 Å². The Kier molecular flexibility index (Phi) is 4.07. The lowest BCUT2D eigenvalue weighted by Gasteiger charge is -2.63. The zero-order valence-corrected chi connectivity index (χ0v) is 18.4. The zero-order valence-electron chi connectivity index (χ0n) is 18.4. The van der Waals surface area contributed by atoms with Crippen molar-refractivity contribution in [3.05, 3.63) is 59.2 Å². The summed E-state index contributed by atoms with van der Waals surface area (Å²) in [5.41, 5.74) is 2.09. The molecule has 2 aliphatic heterocycles. The van der Waals surface area contributed by atoms with Gasteiger partial charge < -0.3 is 19.7 Å². The Morgan fingerprint density at radius 2 is 1.91 bits per heavy atom. The lowest BCUT2D eigenvalue weighted by molar-refractivity contribution is -0.208. The average molecular weight is 434 g/mol. The zero-order chi connectivity index (χ0) is 21.5. The number of aliphatic hydroxyl groups is 2. The molecule has 1 saturated heterocycles. The highest BCUT2D eigenvalue weighted by molar-refractivity contribution is 5.63. The molecular formula is C27H31NO4. The number of nitrogens with zero attached hydrogens (tertiary/aromatic N) is 1. The summed E-state index contributed by atoms with van der Waals surface area (Å²) < 4.78 is 12.8. The Morgan fingerprint density at radius 3 is 2.72 bits per heavy atom. The molecule has 1 spiro atoms. The number of likely N-dealkylation sites (tertiary alicyclic amines) is 1. The number of hydrogen-bond donors (Lipinski definition) is 2. The first-order valence-electron chi connectivity index (χ1n) is 12.2. The minimum absolute atomic E-state index is 0.102. The van der Waals surface area contributed by atoms with Crippen LogP contribution >= 0.6 is 0 Å². The van der Waals surface area contributed by atoms with E-state index in [2.05, 4.69) is 23.1 Å². The van der Waals surface area contributed by atoms with E-state index in [1.54, 1.807) is 0 Å². The molecule has 32 heavy (non-hydrogen) atoms. The van der Waals surface area contributed by atoms with Crippen molar-refractivity contribution in [2.45, 2.75) is 74.4 Å². The molecule has 168 valence electrons. The minimum atomic E-state index is -0.861. The third kappa shape index (κ3) is 2.50. The average Bonchev–Trinajstić information content (AvgIpc) is 3.55. The van der Waals surface area contributed by atoms with Crippen LogP contribution < -0.4 is 9.47 Å². The number of hydrogen-bond acceptors (Lipinski definition) is 5. The van der Waals surface area contributed by atoms with E-state index in [4.69, 9.17) is 9.47 Å². The molecule has 2 heterocycles. The third-order valence-corrected chi connectivity index (χ3v) is 8.95. The Labute approximate surface area is 189 Å². The SMILES string of the molecule is O[C@H]1CC[C@@]2(O)[C@H]3Cc4ccc(OCc5ccccc5)c5c4[C@@]2(CCN3CC2CC2)[C@@H]1O5. The van der Waals surface area contributed by atoms with Crippen LogP contribution in [0, 0.1) is 5.92 Å². The lowest BCUT2D eigenvalue weighted by Crippen LogP contribution is -2.77. The monoisotopic (exact) mass is 433 g/mol. The maximum Gasteiger partial charge on any atom is 0.166 e. The summed E-state index contributed by atoms with van der Waals surface area (Å²) in [6.07, 6.45) is 4.57. The van der Waals surface area contributed by atoms with Crippen molar-refractivity contribution in [3.8, 4) is 11.5 Å². The standard InChI is InChI=1S/C27H31NO4/c29-20-10-11-27(30)22-14-19-8-9-21(31-16-18-4-2-1-3-5-18)24-23(19)26(27,25(20)32-24)12-13-28(22)15-17-6-7-17/h1-5,8-9,17,20,22,25,29-30H,6-7,10-16H2/t20-,22+,25+,26-,27+/m0/s1. The fourth-order valence-corrected chi connectivity index (χ4v) is 7.29. The van der Waals surface area contributed by atoms with E-state index in [9.17, 15) is 10.2 Å². The number of aliphatic hydroxyl groups excluding tert-OH is 1. The Morgan fingerprint density at radius 1 is 1.06 bits per heavy atom. The number of rotatable bonds is 5. The minimum Gasteiger partial charge on any atom is -0.485 e. The van der Waals surface area contributed by atoms with Crippen LogP contribution in [0.25, 0.3) is 0 Å². The van der Waals surface area contributed by atoms with Gasteiger partial charge in [-0.25, -0.2) is 0 Å². The predicted octanol–water partition coefficient (Wildman–Crippen LogP) is 3.19. The van der Waals surface area contributed by atoms with E-state index in [0.717, 1.165) is 54.5 Å². The van der Waals surface area contributed by atoms with Gasteiger partial charge in [0.05, 0.1) is 17.1 Å². The Balaban J connectivity index is 1.31. The smallest absolute Gasteiger partial charge is 0.166 e. The molecule has 2 aromatic rings. The molecule has 7 rings (SSSR count). The summed E-state index contributed by atoms with van der Waals surface area (Å²) >= 11 is 0. The molecule has 0 amide bonds. The molecule has 2 aromatic carbocycles. The highest BCUT2D eigenvalue weighted by Gasteiger charge is 2.73. The van der Waals surface area contributed by atoms with Gasteiger partial charge in [0.25, 0.3) is 0 Å². The lowest BCUT2D eigenvalue weighted by atomic mass is 9.48. The molecule has 2 bridgehead atoms. The van der Waals surface area contributed by atoms with Crippen LogP contribution in [-0.4, -0.2) is 52.1 Å². The van der Waals surface area contributed by atoms with E-state index in [-0.39, 0.29) is 6.04 Å². The van der Waals surface area contributed by atoms with Crippen LogP contribution in [0.2, 0.25) is 0 Å². The maximum absolute atomic E-state index is 12.4. The maximum atomic E-state index is 12.4. The molecule has 5 atom stereocenters. The summed E-state index contributed by atoms with van der Waals surface area (Å²) in [6.45, 7) is 2.53. The summed E-state index contributed by atoms with van der Waals surface area (Å²) in [5, 5.41) is 23.4. The van der Waals surface area contributed by atoms with Crippen LogP contribution in [0.3, 0.4) is 0 Å². The van der Waals surface area contributed by atoms with Gasteiger partial charge in [-0.05, 0) is 68.2 Å². The molecule has 5 nitrogen and oxygen atoms in total. The largest absolute Gasteiger partial charge is 0.485 e. The molecule has 5 aliphatic rings. The second-order valence-electron chi connectivity index (χ2n) is 10.6. The van der Waals surface area contributed by atoms with Crippen LogP contribution in [0.5, 0.6) is 11.5 Å². The van der Waals surface area contributed by atoms with Gasteiger partial charge in [-0.2, -0.15) is 0 Å². The van der Waals surface area contributed by atoms with Gasteiger partial charge >= 0.3 is 0 Å². The van der Waals surface area contributed by atoms with Gasteiger partial charge in [0.15, 0.2) is 11.5 Å². The van der Waals surface area contributed by atoms with Crippen LogP contribution in [-0.2, 0) is 18.4 Å². The van der Waals surface area contributed by atoms with Crippen molar-refractivity contribution in [3.63, 3.8) is 0 Å². The molecule has 5 heteroatoms. The van der Waals surface area contributed by atoms with Crippen LogP contribution in [0.4, 0.5) is 0 Å². The highest BCUT2D eigenvalue weighted by Crippen LogP contribution is 2.65. The molecular weight excluding hydrogens is 402 g/mol. The molecule has 0 aromatic heterocycles. The summed E-state index contributed by atoms with van der Waals surface area (Å²) in [5.74, 6) is 2.28. The number of ether oxygens (including phenoxy) is 2. The van der Waals surface area contributed by atoms with Gasteiger partial charge in [0, 0.05) is 18.2 Å². The van der Waals surface area contributed by atoms with Crippen molar-refractivity contribution in [1.82, 2.24) is 4.90 Å². The van der Waals surface area contributed by atoms with Gasteiger partial charge in [0.1, 0.15) is 12.7 Å². The molecule has 3 fully saturated rings. The van der Waals surface area contributed by atoms with Crippen LogP contribution in [0.1, 0.15) is 48.8 Å². The topological polar surface area (TPSA) is 62.2 Å². The Hall–Kier alpha value is -2.08. The fraction of sp³-hybridized carbons (Fsp3) is 0.556. The first-order chi connectivity index (χ1) is 15.6. The second kappa shape index (κ2) is 6.72. The number of piperidine rings is 1. The predicted molar refractivity (Wildman–Crippen MR) is 120 cm³/mol. The van der Waals surface area contributed by atoms with E-state index in [1.807, 2.05) is 24.3 Å². The van der Waals surface area contributed by atoms with E-state index < -0.39 is 23.2 Å². The van der Waals surface area contributed by atoms with Crippen molar-refractivity contribution >= 4 is 0 Å². The van der Waals surface area contributed by atoms with Gasteiger partial charge in [-0.15, -0.1) is 0 Å². The van der Waals surface area contributed by atoms with Crippen molar-refractivity contribution in [2.75, 3.05) is 13.1 Å².